The molecule has 0 radical (unpaired) electrons. The molecule has 0 N–H and O–H groups in total. The van der Waals surface area contributed by atoms with Gasteiger partial charge in [-0.3, -0.25) is 0 Å². The van der Waals surface area contributed by atoms with Crippen molar-refractivity contribution < 1.29 is 13.2 Å². The Morgan fingerprint density at radius 3 is 2.55 bits per heavy atom. The van der Waals surface area contributed by atoms with Gasteiger partial charge < -0.3 is 4.74 Å². The summed E-state index contributed by atoms with van der Waals surface area (Å²) in [5.74, 6) is -0.113. The summed E-state index contributed by atoms with van der Waals surface area (Å²) in [6, 6.07) is 0. The Balaban J connectivity index is 3.46. The third-order valence-electron chi connectivity index (χ3n) is 0.951. The number of halogens is 1. The van der Waals surface area contributed by atoms with Gasteiger partial charge in [-0.05, 0) is 6.42 Å². The fraction of sp³-hybridized carbons (Fsp3) is 0.667. The monoisotopic (exact) mass is 198 g/mol. The second kappa shape index (κ2) is 5.57. The van der Waals surface area contributed by atoms with Gasteiger partial charge in [0.05, 0.1) is 5.75 Å². The zero-order valence-electron chi connectivity index (χ0n) is 6.29. The quantitative estimate of drug-likeness (QED) is 0.378. The standard InChI is InChI=1S/C6H11ClO3S/c1-10-5-3-2-4-6-11(7,8)9/h2,4H,3,5-6H2,1H3/b4-2-. The van der Waals surface area contributed by atoms with Crippen LogP contribution in [-0.4, -0.2) is 27.9 Å². The fourth-order valence-corrected chi connectivity index (χ4v) is 1.07. The first-order chi connectivity index (χ1) is 5.06. The predicted molar refractivity (Wildman–Crippen MR) is 45.3 cm³/mol. The molecule has 0 aromatic carbocycles. The van der Waals surface area contributed by atoms with E-state index in [9.17, 15) is 8.42 Å². The van der Waals surface area contributed by atoms with E-state index in [0.717, 1.165) is 0 Å². The summed E-state index contributed by atoms with van der Waals surface area (Å²) in [5.41, 5.74) is 0. The van der Waals surface area contributed by atoms with E-state index in [-0.39, 0.29) is 5.75 Å². The lowest BCUT2D eigenvalue weighted by Gasteiger charge is -1.90. The molecule has 0 aromatic heterocycles. The van der Waals surface area contributed by atoms with Crippen molar-refractivity contribution in [1.29, 1.82) is 0 Å². The molecule has 0 atom stereocenters. The van der Waals surface area contributed by atoms with Gasteiger partial charge in [-0.1, -0.05) is 12.2 Å². The van der Waals surface area contributed by atoms with Crippen molar-refractivity contribution in [3.05, 3.63) is 12.2 Å². The minimum atomic E-state index is -3.37. The molecule has 0 fully saturated rings. The van der Waals surface area contributed by atoms with Gasteiger partial charge in [-0.2, -0.15) is 0 Å². The molecular formula is C6H11ClO3S. The van der Waals surface area contributed by atoms with Crippen molar-refractivity contribution in [2.24, 2.45) is 0 Å². The van der Waals surface area contributed by atoms with E-state index in [1.807, 2.05) is 0 Å². The Morgan fingerprint density at radius 1 is 1.45 bits per heavy atom. The molecule has 3 nitrogen and oxygen atoms in total. The molecule has 0 bridgehead atoms. The molecule has 0 saturated carbocycles. The van der Waals surface area contributed by atoms with Crippen molar-refractivity contribution in [3.8, 4) is 0 Å². The van der Waals surface area contributed by atoms with Crippen molar-refractivity contribution in [3.63, 3.8) is 0 Å². The zero-order valence-corrected chi connectivity index (χ0v) is 7.86. The third kappa shape index (κ3) is 9.94. The maximum Gasteiger partial charge on any atom is 0.236 e. The lowest BCUT2D eigenvalue weighted by molar-refractivity contribution is 0.204. The topological polar surface area (TPSA) is 43.4 Å². The maximum atomic E-state index is 10.3. The molecule has 0 amide bonds. The fourth-order valence-electron chi connectivity index (χ4n) is 0.487. The molecule has 0 aliphatic carbocycles. The number of rotatable bonds is 5. The highest BCUT2D eigenvalue weighted by Gasteiger charge is 1.98. The molecule has 66 valence electrons. The zero-order chi connectivity index (χ0) is 8.74. The van der Waals surface area contributed by atoms with Gasteiger partial charge >= 0.3 is 0 Å². The molecule has 0 heterocycles. The molecule has 0 unspecified atom stereocenters. The SMILES string of the molecule is COCC/C=C\CS(=O)(=O)Cl. The van der Waals surface area contributed by atoms with Gasteiger partial charge in [0.25, 0.3) is 0 Å². The van der Waals surface area contributed by atoms with Crippen LogP contribution in [-0.2, 0) is 13.8 Å². The van der Waals surface area contributed by atoms with E-state index in [1.165, 1.54) is 6.08 Å². The Morgan fingerprint density at radius 2 is 2.09 bits per heavy atom. The highest BCUT2D eigenvalue weighted by Crippen LogP contribution is 1.96. The van der Waals surface area contributed by atoms with Crippen LogP contribution in [0.25, 0.3) is 0 Å². The summed E-state index contributed by atoms with van der Waals surface area (Å²) in [6.45, 7) is 0.596. The van der Waals surface area contributed by atoms with Crippen LogP contribution >= 0.6 is 10.7 Å². The molecular weight excluding hydrogens is 188 g/mol. The van der Waals surface area contributed by atoms with Crippen molar-refractivity contribution in [2.45, 2.75) is 6.42 Å². The van der Waals surface area contributed by atoms with E-state index in [2.05, 4.69) is 0 Å². The highest BCUT2D eigenvalue weighted by molar-refractivity contribution is 8.13. The number of ether oxygens (including phenoxy) is 1. The summed E-state index contributed by atoms with van der Waals surface area (Å²) in [6.07, 6.45) is 3.95. The Labute approximate surface area is 71.4 Å². The summed E-state index contributed by atoms with van der Waals surface area (Å²) in [4.78, 5) is 0. The highest BCUT2D eigenvalue weighted by atomic mass is 35.7. The number of hydrogen-bond acceptors (Lipinski definition) is 3. The summed E-state index contributed by atoms with van der Waals surface area (Å²) < 4.78 is 25.4. The van der Waals surface area contributed by atoms with Crippen molar-refractivity contribution in [2.75, 3.05) is 19.5 Å². The van der Waals surface area contributed by atoms with Gasteiger partial charge in [0.1, 0.15) is 0 Å². The first kappa shape index (κ1) is 10.9. The minimum Gasteiger partial charge on any atom is -0.384 e. The molecule has 0 aliphatic rings. The molecule has 0 aliphatic heterocycles. The van der Waals surface area contributed by atoms with Gasteiger partial charge in [0.2, 0.25) is 9.05 Å². The first-order valence-corrected chi connectivity index (χ1v) is 5.60. The Bertz CT molecular complexity index is 208. The number of hydrogen-bond donors (Lipinski definition) is 0. The average molecular weight is 199 g/mol. The van der Waals surface area contributed by atoms with Crippen LogP contribution in [0, 0.1) is 0 Å². The summed E-state index contributed by atoms with van der Waals surface area (Å²) in [5, 5.41) is 0. The second-order valence-corrected chi connectivity index (χ2v) is 4.78. The van der Waals surface area contributed by atoms with Gasteiger partial charge in [0, 0.05) is 24.4 Å². The van der Waals surface area contributed by atoms with Crippen LogP contribution in [0.2, 0.25) is 0 Å². The van der Waals surface area contributed by atoms with E-state index < -0.39 is 9.05 Å². The molecule has 11 heavy (non-hydrogen) atoms. The average Bonchev–Trinajstić information content (AvgIpc) is 1.85. The lowest BCUT2D eigenvalue weighted by Crippen LogP contribution is -1.92. The Kier molecular flexibility index (Phi) is 5.54. The molecule has 5 heteroatoms. The molecule has 0 aromatic rings. The normalized spacial score (nSPS) is 12.5. The molecule has 0 saturated heterocycles. The lowest BCUT2D eigenvalue weighted by atomic mass is 10.4. The Hall–Kier alpha value is -0.0600. The van der Waals surface area contributed by atoms with E-state index in [1.54, 1.807) is 13.2 Å². The smallest absolute Gasteiger partial charge is 0.236 e. The van der Waals surface area contributed by atoms with Crippen molar-refractivity contribution in [1.82, 2.24) is 0 Å². The summed E-state index contributed by atoms with van der Waals surface area (Å²) in [7, 11) is 3.16. The van der Waals surface area contributed by atoms with E-state index in [4.69, 9.17) is 15.4 Å². The van der Waals surface area contributed by atoms with Crippen LogP contribution in [0.1, 0.15) is 6.42 Å². The van der Waals surface area contributed by atoms with Crippen molar-refractivity contribution >= 4 is 19.7 Å². The largest absolute Gasteiger partial charge is 0.384 e. The predicted octanol–water partition coefficient (Wildman–Crippen LogP) is 1.15. The van der Waals surface area contributed by atoms with E-state index in [0.29, 0.717) is 13.0 Å². The van der Waals surface area contributed by atoms with Gasteiger partial charge in [-0.15, -0.1) is 0 Å². The minimum absolute atomic E-state index is 0.113. The van der Waals surface area contributed by atoms with E-state index >= 15 is 0 Å². The van der Waals surface area contributed by atoms with Crippen LogP contribution in [0.5, 0.6) is 0 Å². The molecule has 0 spiro atoms. The van der Waals surface area contributed by atoms with Crippen LogP contribution < -0.4 is 0 Å². The summed E-state index contributed by atoms with van der Waals surface area (Å²) >= 11 is 0. The second-order valence-electron chi connectivity index (χ2n) is 1.96. The third-order valence-corrected chi connectivity index (χ3v) is 1.92. The van der Waals surface area contributed by atoms with Crippen LogP contribution in [0.3, 0.4) is 0 Å². The van der Waals surface area contributed by atoms with Crippen LogP contribution in [0.15, 0.2) is 12.2 Å². The van der Waals surface area contributed by atoms with Gasteiger partial charge in [-0.25, -0.2) is 8.42 Å². The number of methoxy groups -OCH3 is 1. The molecule has 0 rings (SSSR count). The van der Waals surface area contributed by atoms with Gasteiger partial charge in [0.15, 0.2) is 0 Å². The first-order valence-electron chi connectivity index (χ1n) is 3.12. The maximum absolute atomic E-state index is 10.3. The van der Waals surface area contributed by atoms with Crippen LogP contribution in [0.4, 0.5) is 0 Å².